The molecule has 1 aliphatic heterocycles. The molecule has 0 radical (unpaired) electrons. The maximum atomic E-state index is 12.6. The molecule has 0 aliphatic carbocycles. The summed E-state index contributed by atoms with van der Waals surface area (Å²) in [6.45, 7) is 2.19. The number of amides is 1. The van der Waals surface area contributed by atoms with Crippen molar-refractivity contribution in [3.05, 3.63) is 22.8 Å². The van der Waals surface area contributed by atoms with Crippen LogP contribution in [0.1, 0.15) is 5.56 Å². The Morgan fingerprint density at radius 1 is 1.35 bits per heavy atom. The smallest absolute Gasteiger partial charge is 0.352 e. The van der Waals surface area contributed by atoms with Gasteiger partial charge in [-0.2, -0.15) is 13.2 Å². The number of halogens is 5. The van der Waals surface area contributed by atoms with E-state index in [-0.39, 0.29) is 29.9 Å². The van der Waals surface area contributed by atoms with Crippen LogP contribution in [-0.4, -0.2) is 55.6 Å². The Labute approximate surface area is 143 Å². The summed E-state index contributed by atoms with van der Waals surface area (Å²) < 4.78 is 37.8. The molecule has 1 aromatic rings. The second-order valence-electron chi connectivity index (χ2n) is 4.93. The lowest BCUT2D eigenvalue weighted by molar-refractivity contribution is -0.137. The molecule has 10 heteroatoms. The van der Waals surface area contributed by atoms with E-state index in [1.807, 2.05) is 0 Å². The van der Waals surface area contributed by atoms with Crippen LogP contribution in [0.3, 0.4) is 0 Å². The number of pyridine rings is 1. The van der Waals surface area contributed by atoms with Gasteiger partial charge in [0.15, 0.2) is 0 Å². The van der Waals surface area contributed by atoms with Crippen LogP contribution in [0.4, 0.5) is 19.0 Å². The van der Waals surface area contributed by atoms with Gasteiger partial charge in [-0.25, -0.2) is 4.98 Å². The highest BCUT2D eigenvalue weighted by Crippen LogP contribution is 2.33. The molecular formula is C13H17Cl2F3N4O. The van der Waals surface area contributed by atoms with E-state index in [4.69, 9.17) is 11.6 Å². The molecule has 1 aliphatic rings. The molecule has 0 bridgehead atoms. The molecule has 0 unspecified atom stereocenters. The fourth-order valence-electron chi connectivity index (χ4n) is 2.25. The second kappa shape index (κ2) is 8.03. The largest absolute Gasteiger partial charge is 0.417 e. The summed E-state index contributed by atoms with van der Waals surface area (Å²) in [5, 5.41) is 2.76. The summed E-state index contributed by atoms with van der Waals surface area (Å²) in [5.74, 6) is 0.309. The molecule has 130 valence electrons. The molecule has 1 saturated heterocycles. The number of likely N-dealkylation sites (N-methyl/N-ethyl adjacent to an activating group) is 1. The average Bonchev–Trinajstić information content (AvgIpc) is 2.46. The van der Waals surface area contributed by atoms with Crippen molar-refractivity contribution >= 4 is 35.7 Å². The highest BCUT2D eigenvalue weighted by molar-refractivity contribution is 6.33. The summed E-state index contributed by atoms with van der Waals surface area (Å²) in [5.41, 5.74) is -0.871. The topological polar surface area (TPSA) is 48.5 Å². The van der Waals surface area contributed by atoms with Gasteiger partial charge in [0, 0.05) is 32.4 Å². The van der Waals surface area contributed by atoms with Gasteiger partial charge in [0.1, 0.15) is 5.82 Å². The number of hydrogen-bond acceptors (Lipinski definition) is 4. The Morgan fingerprint density at radius 3 is 2.43 bits per heavy atom. The lowest BCUT2D eigenvalue weighted by Gasteiger charge is -2.35. The molecule has 2 heterocycles. The Kier molecular flexibility index (Phi) is 6.91. The van der Waals surface area contributed by atoms with Crippen LogP contribution < -0.4 is 10.2 Å². The second-order valence-corrected chi connectivity index (χ2v) is 5.33. The fourth-order valence-corrected chi connectivity index (χ4v) is 2.53. The van der Waals surface area contributed by atoms with Crippen molar-refractivity contribution in [2.75, 3.05) is 44.7 Å². The fraction of sp³-hybridized carbons (Fsp3) is 0.538. The number of nitrogens with zero attached hydrogens (tertiary/aromatic N) is 3. The number of carbonyl (C=O) groups excluding carboxylic acids is 1. The summed E-state index contributed by atoms with van der Waals surface area (Å²) in [7, 11) is 1.69. The zero-order valence-electron chi connectivity index (χ0n) is 12.4. The number of aromatic nitrogens is 1. The number of hydrogen-bond donors (Lipinski definition) is 1. The Bertz CT molecular complexity index is 549. The SMILES string of the molecule is CNCC(=O)N1CCN(c2ncc(C(F)(F)F)cc2Cl)CC1.Cl. The molecule has 23 heavy (non-hydrogen) atoms. The molecule has 1 aromatic heterocycles. The number of nitrogens with one attached hydrogen (secondary N) is 1. The normalized spacial score (nSPS) is 15.3. The van der Waals surface area contributed by atoms with E-state index in [0.717, 1.165) is 12.3 Å². The zero-order valence-corrected chi connectivity index (χ0v) is 13.9. The van der Waals surface area contributed by atoms with E-state index in [0.29, 0.717) is 32.0 Å². The molecule has 0 aromatic carbocycles. The van der Waals surface area contributed by atoms with Gasteiger partial charge in [-0.05, 0) is 13.1 Å². The van der Waals surface area contributed by atoms with Crippen molar-refractivity contribution in [2.45, 2.75) is 6.18 Å². The van der Waals surface area contributed by atoms with Gasteiger partial charge in [-0.1, -0.05) is 11.6 Å². The van der Waals surface area contributed by atoms with Crippen LogP contribution in [0, 0.1) is 0 Å². The van der Waals surface area contributed by atoms with E-state index in [1.165, 1.54) is 0 Å². The van der Waals surface area contributed by atoms with Crippen LogP contribution in [0.2, 0.25) is 5.02 Å². The van der Waals surface area contributed by atoms with Crippen molar-refractivity contribution in [2.24, 2.45) is 0 Å². The summed E-state index contributed by atoms with van der Waals surface area (Å²) in [6.07, 6.45) is -3.69. The molecule has 0 spiro atoms. The predicted molar refractivity (Wildman–Crippen MR) is 84.2 cm³/mol. The molecule has 0 saturated carbocycles. The average molecular weight is 373 g/mol. The van der Waals surface area contributed by atoms with Crippen LogP contribution >= 0.6 is 24.0 Å². The Balaban J connectivity index is 0.00000264. The first-order valence-electron chi connectivity index (χ1n) is 6.73. The summed E-state index contributed by atoms with van der Waals surface area (Å²) in [4.78, 5) is 19.1. The van der Waals surface area contributed by atoms with Gasteiger partial charge < -0.3 is 15.1 Å². The number of carbonyl (C=O) groups is 1. The van der Waals surface area contributed by atoms with Crippen molar-refractivity contribution in [3.8, 4) is 0 Å². The van der Waals surface area contributed by atoms with E-state index in [9.17, 15) is 18.0 Å². The van der Waals surface area contributed by atoms with E-state index < -0.39 is 11.7 Å². The lowest BCUT2D eigenvalue weighted by Crippen LogP contribution is -2.50. The minimum absolute atomic E-state index is 0. The van der Waals surface area contributed by atoms with Crippen LogP contribution in [-0.2, 0) is 11.0 Å². The highest BCUT2D eigenvalue weighted by Gasteiger charge is 2.32. The maximum Gasteiger partial charge on any atom is 0.417 e. The minimum Gasteiger partial charge on any atom is -0.352 e. The van der Waals surface area contributed by atoms with E-state index >= 15 is 0 Å². The molecule has 0 atom stereocenters. The lowest BCUT2D eigenvalue weighted by atomic mass is 10.2. The highest BCUT2D eigenvalue weighted by atomic mass is 35.5. The Hall–Kier alpha value is -1.25. The van der Waals surface area contributed by atoms with Gasteiger partial charge in [0.2, 0.25) is 5.91 Å². The predicted octanol–water partition coefficient (Wildman–Crippen LogP) is 2.04. The number of alkyl halides is 3. The van der Waals surface area contributed by atoms with Gasteiger partial charge in [0.25, 0.3) is 0 Å². The molecular weight excluding hydrogens is 356 g/mol. The van der Waals surface area contributed by atoms with Crippen LogP contribution in [0.15, 0.2) is 12.3 Å². The van der Waals surface area contributed by atoms with Gasteiger partial charge >= 0.3 is 6.18 Å². The van der Waals surface area contributed by atoms with Crippen molar-refractivity contribution in [3.63, 3.8) is 0 Å². The van der Waals surface area contributed by atoms with E-state index in [2.05, 4.69) is 10.3 Å². The first-order valence-corrected chi connectivity index (χ1v) is 7.11. The van der Waals surface area contributed by atoms with Gasteiger partial charge in [-0.3, -0.25) is 4.79 Å². The maximum absolute atomic E-state index is 12.6. The molecule has 2 rings (SSSR count). The first kappa shape index (κ1) is 19.8. The zero-order chi connectivity index (χ0) is 16.3. The van der Waals surface area contributed by atoms with Crippen molar-refractivity contribution < 1.29 is 18.0 Å². The third-order valence-electron chi connectivity index (χ3n) is 3.41. The molecule has 5 nitrogen and oxygen atoms in total. The van der Waals surface area contributed by atoms with Crippen molar-refractivity contribution in [1.29, 1.82) is 0 Å². The van der Waals surface area contributed by atoms with Crippen LogP contribution in [0.5, 0.6) is 0 Å². The van der Waals surface area contributed by atoms with Gasteiger partial charge in [0.05, 0.1) is 17.1 Å². The summed E-state index contributed by atoms with van der Waals surface area (Å²) in [6, 6.07) is 0.877. The summed E-state index contributed by atoms with van der Waals surface area (Å²) >= 11 is 5.92. The monoisotopic (exact) mass is 372 g/mol. The van der Waals surface area contributed by atoms with Crippen LogP contribution in [0.25, 0.3) is 0 Å². The minimum atomic E-state index is -4.46. The Morgan fingerprint density at radius 2 is 1.96 bits per heavy atom. The molecule has 1 amide bonds. The third kappa shape index (κ3) is 4.86. The molecule has 1 fully saturated rings. The third-order valence-corrected chi connectivity index (χ3v) is 3.69. The number of anilines is 1. The quantitative estimate of drug-likeness (QED) is 0.881. The van der Waals surface area contributed by atoms with E-state index in [1.54, 1.807) is 16.8 Å². The number of rotatable bonds is 3. The van der Waals surface area contributed by atoms with Gasteiger partial charge in [-0.15, -0.1) is 12.4 Å². The number of piperazine rings is 1. The molecule has 1 N–H and O–H groups in total. The standard InChI is InChI=1S/C13H16ClF3N4O.ClH/c1-18-8-11(22)20-2-4-21(5-3-20)12-10(14)6-9(7-19-12)13(15,16)17;/h6-7,18H,2-5,8H2,1H3;1H. The van der Waals surface area contributed by atoms with Crippen molar-refractivity contribution in [1.82, 2.24) is 15.2 Å². The first-order chi connectivity index (χ1) is 10.3.